The van der Waals surface area contributed by atoms with Gasteiger partial charge in [-0.3, -0.25) is 9.59 Å². The van der Waals surface area contributed by atoms with Crippen molar-refractivity contribution in [3.05, 3.63) is 65.2 Å². The second-order valence-corrected chi connectivity index (χ2v) is 6.96. The minimum Gasteiger partial charge on any atom is -0.356 e. The van der Waals surface area contributed by atoms with Crippen molar-refractivity contribution in [1.82, 2.24) is 5.32 Å². The van der Waals surface area contributed by atoms with Gasteiger partial charge in [0.1, 0.15) is 0 Å². The fourth-order valence-electron chi connectivity index (χ4n) is 3.29. The fourth-order valence-corrected chi connectivity index (χ4v) is 3.29. The lowest BCUT2D eigenvalue weighted by Crippen LogP contribution is -2.32. The summed E-state index contributed by atoms with van der Waals surface area (Å²) >= 11 is 0. The van der Waals surface area contributed by atoms with Crippen LogP contribution in [0.15, 0.2) is 48.5 Å². The number of hydrogen-bond acceptors (Lipinski definition) is 2. The summed E-state index contributed by atoms with van der Waals surface area (Å²) in [6, 6.07) is 15.8. The predicted octanol–water partition coefficient (Wildman–Crippen LogP) is 4.02. The lowest BCUT2D eigenvalue weighted by atomic mass is 10.0. The van der Waals surface area contributed by atoms with Crippen molar-refractivity contribution in [2.24, 2.45) is 0 Å². The van der Waals surface area contributed by atoms with Gasteiger partial charge in [0.15, 0.2) is 0 Å². The van der Waals surface area contributed by atoms with Crippen molar-refractivity contribution in [2.75, 3.05) is 11.4 Å². The average Bonchev–Trinajstić information content (AvgIpc) is 2.69. The summed E-state index contributed by atoms with van der Waals surface area (Å²) in [6.45, 7) is 3.13. The van der Waals surface area contributed by atoms with E-state index >= 15 is 0 Å². The van der Waals surface area contributed by atoms with Gasteiger partial charge in [-0.1, -0.05) is 49.1 Å². The van der Waals surface area contributed by atoms with Crippen molar-refractivity contribution in [3.63, 3.8) is 0 Å². The first-order valence-corrected chi connectivity index (χ1v) is 9.95. The molecule has 0 atom stereocenters. The third-order valence-corrected chi connectivity index (χ3v) is 4.79. The lowest BCUT2D eigenvalue weighted by Gasteiger charge is -2.26. The van der Waals surface area contributed by atoms with Crippen LogP contribution in [0.25, 0.3) is 0 Å². The Balaban J connectivity index is 1.68. The minimum atomic E-state index is 0.0849. The molecule has 2 aromatic rings. The number of para-hydroxylation sites is 1. The van der Waals surface area contributed by atoms with Gasteiger partial charge < -0.3 is 10.2 Å². The maximum atomic E-state index is 13.0. The van der Waals surface area contributed by atoms with Gasteiger partial charge in [0.05, 0.1) is 12.2 Å². The molecule has 0 spiro atoms. The van der Waals surface area contributed by atoms with Gasteiger partial charge in [0.2, 0.25) is 11.8 Å². The zero-order chi connectivity index (χ0) is 19.8. The second kappa shape index (κ2) is 9.75. The summed E-state index contributed by atoms with van der Waals surface area (Å²) < 4.78 is 0. The number of unbranched alkanes of at least 4 members (excludes halogenated alkanes) is 1. The highest BCUT2D eigenvalue weighted by atomic mass is 16.2. The van der Waals surface area contributed by atoms with E-state index in [4.69, 9.17) is 0 Å². The fraction of sp³-hybridized carbons (Fsp3) is 0.333. The number of hydrogen-bond donors (Lipinski definition) is 1. The third kappa shape index (κ3) is 5.01. The molecule has 0 radical (unpaired) electrons. The van der Waals surface area contributed by atoms with Crippen LogP contribution in [-0.4, -0.2) is 18.4 Å². The van der Waals surface area contributed by atoms with Gasteiger partial charge in [-0.05, 0) is 43.0 Å². The first kappa shape index (κ1) is 19.7. The Morgan fingerprint density at radius 1 is 0.964 bits per heavy atom. The first-order valence-electron chi connectivity index (χ1n) is 9.95. The van der Waals surface area contributed by atoms with Crippen LogP contribution in [0.2, 0.25) is 0 Å². The Hall–Kier alpha value is -3.06. The average molecular weight is 374 g/mol. The Bertz CT molecular complexity index is 908. The highest BCUT2D eigenvalue weighted by Gasteiger charge is 2.20. The molecular weight excluding hydrogens is 348 g/mol. The molecule has 4 heteroatoms. The largest absolute Gasteiger partial charge is 0.356 e. The molecule has 0 unspecified atom stereocenters. The van der Waals surface area contributed by atoms with Gasteiger partial charge in [-0.15, -0.1) is 0 Å². The maximum absolute atomic E-state index is 13.0. The van der Waals surface area contributed by atoms with Crippen molar-refractivity contribution in [1.29, 1.82) is 0 Å². The number of carbonyl (C=O) groups is 2. The van der Waals surface area contributed by atoms with Gasteiger partial charge in [-0.25, -0.2) is 0 Å². The van der Waals surface area contributed by atoms with Crippen LogP contribution in [0.1, 0.15) is 55.7 Å². The van der Waals surface area contributed by atoms with E-state index in [2.05, 4.69) is 17.2 Å². The summed E-state index contributed by atoms with van der Waals surface area (Å²) in [5.74, 6) is 6.62. The molecular formula is C24H26N2O2. The standard InChI is InChI=1S/C24H26N2O2/c1-2-9-23(27)25-17-8-7-14-24(28)26-18-21-12-4-3-10-19(21)15-16-20-11-5-6-13-22(20)26/h3-6,10-13H,2,7-9,14,17-18H2,1H3,(H,25,27). The van der Waals surface area contributed by atoms with Crippen molar-refractivity contribution in [2.45, 2.75) is 45.6 Å². The second-order valence-electron chi connectivity index (χ2n) is 6.96. The van der Waals surface area contributed by atoms with Crippen LogP contribution in [-0.2, 0) is 16.1 Å². The van der Waals surface area contributed by atoms with Gasteiger partial charge in [-0.2, -0.15) is 0 Å². The Kier molecular flexibility index (Phi) is 6.86. The van der Waals surface area contributed by atoms with E-state index in [1.807, 2.05) is 60.4 Å². The number of nitrogens with zero attached hydrogens (tertiary/aromatic N) is 1. The number of nitrogens with one attached hydrogen (secondary N) is 1. The number of benzene rings is 2. The summed E-state index contributed by atoms with van der Waals surface area (Å²) in [5.41, 5.74) is 3.76. The van der Waals surface area contributed by atoms with E-state index in [0.29, 0.717) is 25.9 Å². The van der Waals surface area contributed by atoms with Gasteiger partial charge >= 0.3 is 0 Å². The van der Waals surface area contributed by atoms with E-state index < -0.39 is 0 Å². The number of rotatable bonds is 7. The van der Waals surface area contributed by atoms with Gasteiger partial charge in [0, 0.05) is 30.5 Å². The monoisotopic (exact) mass is 374 g/mol. The topological polar surface area (TPSA) is 49.4 Å². The molecule has 0 aromatic heterocycles. The summed E-state index contributed by atoms with van der Waals surface area (Å²) in [5, 5.41) is 2.90. The lowest BCUT2D eigenvalue weighted by molar-refractivity contribution is -0.121. The molecule has 1 heterocycles. The molecule has 1 aliphatic heterocycles. The van der Waals surface area contributed by atoms with E-state index in [1.165, 1.54) is 0 Å². The van der Waals surface area contributed by atoms with Crippen LogP contribution in [0.3, 0.4) is 0 Å². The van der Waals surface area contributed by atoms with Crippen molar-refractivity contribution >= 4 is 17.5 Å². The Morgan fingerprint density at radius 3 is 2.50 bits per heavy atom. The number of amides is 2. The highest BCUT2D eigenvalue weighted by molar-refractivity contribution is 5.95. The first-order chi connectivity index (χ1) is 13.7. The summed E-state index contributed by atoms with van der Waals surface area (Å²) in [4.78, 5) is 26.4. The Morgan fingerprint density at radius 2 is 1.68 bits per heavy atom. The minimum absolute atomic E-state index is 0.0849. The highest BCUT2D eigenvalue weighted by Crippen LogP contribution is 2.26. The predicted molar refractivity (Wildman–Crippen MR) is 112 cm³/mol. The molecule has 0 saturated carbocycles. The molecule has 0 saturated heterocycles. The molecule has 2 aromatic carbocycles. The number of carbonyl (C=O) groups excluding carboxylic acids is 2. The van der Waals surface area contributed by atoms with E-state index in [1.54, 1.807) is 0 Å². The van der Waals surface area contributed by atoms with E-state index in [0.717, 1.165) is 41.6 Å². The van der Waals surface area contributed by atoms with Crippen molar-refractivity contribution in [3.8, 4) is 11.8 Å². The normalized spacial score (nSPS) is 12.0. The van der Waals surface area contributed by atoms with E-state index in [-0.39, 0.29) is 11.8 Å². The molecule has 1 aliphatic rings. The molecule has 28 heavy (non-hydrogen) atoms. The summed E-state index contributed by atoms with van der Waals surface area (Å²) in [6.07, 6.45) is 3.41. The molecule has 2 amide bonds. The number of anilines is 1. The van der Waals surface area contributed by atoms with Crippen LogP contribution < -0.4 is 10.2 Å². The van der Waals surface area contributed by atoms with Crippen LogP contribution in [0.5, 0.6) is 0 Å². The third-order valence-electron chi connectivity index (χ3n) is 4.79. The quantitative estimate of drug-likeness (QED) is 0.588. The molecule has 0 fully saturated rings. The van der Waals surface area contributed by atoms with Gasteiger partial charge in [0.25, 0.3) is 0 Å². The zero-order valence-electron chi connectivity index (χ0n) is 16.3. The van der Waals surface area contributed by atoms with Crippen molar-refractivity contribution < 1.29 is 9.59 Å². The number of fused-ring (bicyclic) bond motifs is 2. The van der Waals surface area contributed by atoms with Crippen LogP contribution in [0, 0.1) is 11.8 Å². The van der Waals surface area contributed by atoms with Crippen LogP contribution in [0.4, 0.5) is 5.69 Å². The molecule has 3 rings (SSSR count). The molecule has 0 aliphatic carbocycles. The molecule has 144 valence electrons. The SMILES string of the molecule is CCCC(=O)NCCCCC(=O)N1Cc2ccccc2C#Cc2ccccc21. The summed E-state index contributed by atoms with van der Waals surface area (Å²) in [7, 11) is 0. The van der Waals surface area contributed by atoms with Crippen LogP contribution >= 0.6 is 0 Å². The molecule has 4 nitrogen and oxygen atoms in total. The van der Waals surface area contributed by atoms with E-state index in [9.17, 15) is 9.59 Å². The maximum Gasteiger partial charge on any atom is 0.227 e. The Labute approximate surface area is 166 Å². The molecule has 1 N–H and O–H groups in total. The zero-order valence-corrected chi connectivity index (χ0v) is 16.3. The smallest absolute Gasteiger partial charge is 0.227 e. The molecule has 0 bridgehead atoms.